The molecule has 3 aromatic rings. The normalized spacial score (nSPS) is 12.1. The van der Waals surface area contributed by atoms with Crippen LogP contribution in [0.2, 0.25) is 0 Å². The van der Waals surface area contributed by atoms with Crippen LogP contribution in [0.15, 0.2) is 59.2 Å². The second kappa shape index (κ2) is 8.54. The van der Waals surface area contributed by atoms with Gasteiger partial charge in [-0.15, -0.1) is 0 Å². The molecule has 0 amide bonds. The van der Waals surface area contributed by atoms with Crippen LogP contribution in [0, 0.1) is 0 Å². The molecular weight excluding hydrogens is 332 g/mol. The van der Waals surface area contributed by atoms with Crippen LogP contribution in [-0.2, 0) is 20.9 Å². The Hall–Kier alpha value is -2.79. The summed E-state index contributed by atoms with van der Waals surface area (Å²) in [5.41, 5.74) is 2.80. The summed E-state index contributed by atoms with van der Waals surface area (Å²) in [5.74, 6) is 0.386. The van der Waals surface area contributed by atoms with E-state index in [9.17, 15) is 4.79 Å². The fraction of sp³-hybridized carbons (Fsp3) is 0.286. The first-order chi connectivity index (χ1) is 12.7. The highest BCUT2D eigenvalue weighted by atomic mass is 16.6. The van der Waals surface area contributed by atoms with E-state index in [2.05, 4.69) is 23.8 Å². The molecule has 0 aliphatic heterocycles. The maximum absolute atomic E-state index is 11.3. The van der Waals surface area contributed by atoms with E-state index in [-0.39, 0.29) is 6.61 Å². The molecule has 3 rings (SSSR count). The fourth-order valence-electron chi connectivity index (χ4n) is 2.73. The summed E-state index contributed by atoms with van der Waals surface area (Å²) in [6.07, 6.45) is 1.67. The van der Waals surface area contributed by atoms with Crippen LogP contribution < -0.4 is 4.74 Å². The zero-order chi connectivity index (χ0) is 18.4. The van der Waals surface area contributed by atoms with Gasteiger partial charge in [-0.1, -0.05) is 49.4 Å². The van der Waals surface area contributed by atoms with Crippen molar-refractivity contribution in [2.24, 2.45) is 0 Å². The summed E-state index contributed by atoms with van der Waals surface area (Å²) in [6, 6.07) is 15.9. The van der Waals surface area contributed by atoms with E-state index in [0.29, 0.717) is 30.5 Å². The number of carbonyl (C=O) groups is 1. The highest BCUT2D eigenvalue weighted by Crippen LogP contribution is 2.30. The number of furan rings is 1. The molecule has 5 nitrogen and oxygen atoms in total. The molecule has 0 bridgehead atoms. The van der Waals surface area contributed by atoms with Crippen LogP contribution in [0.4, 0.5) is 0 Å². The number of carbonyl (C=O) groups excluding carboxylic acids is 1. The van der Waals surface area contributed by atoms with Crippen molar-refractivity contribution in [1.82, 2.24) is 0 Å². The lowest BCUT2D eigenvalue weighted by Crippen LogP contribution is -2.12. The van der Waals surface area contributed by atoms with Gasteiger partial charge in [0.15, 0.2) is 17.9 Å². The van der Waals surface area contributed by atoms with Gasteiger partial charge < -0.3 is 18.6 Å². The second-order valence-electron chi connectivity index (χ2n) is 6.09. The first-order valence-electron chi connectivity index (χ1n) is 8.50. The SMILES string of the molecule is COC(=O)COc1cccc2c(COC[C@H](C)c3ccccc3)coc12. The Morgan fingerprint density at radius 2 is 1.92 bits per heavy atom. The molecule has 0 aliphatic rings. The molecule has 0 aliphatic carbocycles. The summed E-state index contributed by atoms with van der Waals surface area (Å²) in [7, 11) is 1.32. The fourth-order valence-corrected chi connectivity index (χ4v) is 2.73. The quantitative estimate of drug-likeness (QED) is 0.564. The largest absolute Gasteiger partial charge is 0.478 e. The van der Waals surface area contributed by atoms with Gasteiger partial charge in [0.05, 0.1) is 26.6 Å². The van der Waals surface area contributed by atoms with E-state index in [4.69, 9.17) is 13.9 Å². The molecule has 26 heavy (non-hydrogen) atoms. The Balaban J connectivity index is 1.63. The zero-order valence-corrected chi connectivity index (χ0v) is 14.9. The van der Waals surface area contributed by atoms with Crippen molar-refractivity contribution in [3.8, 4) is 5.75 Å². The van der Waals surface area contributed by atoms with Crippen LogP contribution in [0.5, 0.6) is 5.75 Å². The van der Waals surface area contributed by atoms with Gasteiger partial charge >= 0.3 is 5.97 Å². The summed E-state index contributed by atoms with van der Waals surface area (Å²) in [5, 5.41) is 0.916. The van der Waals surface area contributed by atoms with E-state index >= 15 is 0 Å². The number of hydrogen-bond donors (Lipinski definition) is 0. The third-order valence-corrected chi connectivity index (χ3v) is 4.21. The number of fused-ring (bicyclic) bond motifs is 1. The first-order valence-corrected chi connectivity index (χ1v) is 8.50. The molecule has 5 heteroatoms. The van der Waals surface area contributed by atoms with Gasteiger partial charge in [0.25, 0.3) is 0 Å². The molecule has 0 N–H and O–H groups in total. The van der Waals surface area contributed by atoms with E-state index in [0.717, 1.165) is 10.9 Å². The molecule has 0 saturated heterocycles. The van der Waals surface area contributed by atoms with E-state index in [1.165, 1.54) is 12.7 Å². The van der Waals surface area contributed by atoms with Crippen molar-refractivity contribution >= 4 is 16.9 Å². The summed E-state index contributed by atoms with van der Waals surface area (Å²) < 4.78 is 21.6. The topological polar surface area (TPSA) is 57.9 Å². The molecule has 2 aromatic carbocycles. The lowest BCUT2D eigenvalue weighted by Gasteiger charge is -2.12. The summed E-state index contributed by atoms with van der Waals surface area (Å²) in [4.78, 5) is 11.3. The smallest absolute Gasteiger partial charge is 0.343 e. The maximum Gasteiger partial charge on any atom is 0.343 e. The monoisotopic (exact) mass is 354 g/mol. The maximum atomic E-state index is 11.3. The van der Waals surface area contributed by atoms with E-state index in [1.807, 2.05) is 30.3 Å². The number of ether oxygens (including phenoxy) is 3. The van der Waals surface area contributed by atoms with Gasteiger partial charge in [0, 0.05) is 16.9 Å². The Kier molecular flexibility index (Phi) is 5.92. The van der Waals surface area contributed by atoms with E-state index in [1.54, 1.807) is 12.3 Å². The number of esters is 1. The van der Waals surface area contributed by atoms with Crippen molar-refractivity contribution in [3.63, 3.8) is 0 Å². The standard InChI is InChI=1S/C21H22O5/c1-15(16-7-4-3-5-8-16)11-24-12-17-13-26-21-18(17)9-6-10-19(21)25-14-20(22)23-2/h3-10,13,15H,11-12,14H2,1-2H3/t15-/m0/s1. The Labute approximate surface area is 152 Å². The van der Waals surface area contributed by atoms with Crippen LogP contribution >= 0.6 is 0 Å². The van der Waals surface area contributed by atoms with Crippen molar-refractivity contribution < 1.29 is 23.4 Å². The van der Waals surface area contributed by atoms with Gasteiger partial charge in [-0.25, -0.2) is 4.79 Å². The molecule has 0 saturated carbocycles. The molecule has 0 fully saturated rings. The van der Waals surface area contributed by atoms with Gasteiger partial charge in [-0.2, -0.15) is 0 Å². The molecule has 0 radical (unpaired) electrons. The van der Waals surface area contributed by atoms with Crippen LogP contribution in [0.25, 0.3) is 11.0 Å². The van der Waals surface area contributed by atoms with Crippen molar-refractivity contribution in [1.29, 1.82) is 0 Å². The third-order valence-electron chi connectivity index (χ3n) is 4.21. The van der Waals surface area contributed by atoms with Gasteiger partial charge in [0.2, 0.25) is 0 Å². The highest BCUT2D eigenvalue weighted by Gasteiger charge is 2.13. The average molecular weight is 354 g/mol. The predicted molar refractivity (Wildman–Crippen MR) is 98.2 cm³/mol. The average Bonchev–Trinajstić information content (AvgIpc) is 3.10. The minimum absolute atomic E-state index is 0.156. The van der Waals surface area contributed by atoms with Crippen molar-refractivity contribution in [2.75, 3.05) is 20.3 Å². The molecule has 136 valence electrons. The Bertz CT molecular complexity index is 853. The molecule has 1 heterocycles. The van der Waals surface area contributed by atoms with Crippen molar-refractivity contribution in [3.05, 3.63) is 65.9 Å². The summed E-state index contributed by atoms with van der Waals surface area (Å²) in [6.45, 7) is 3.05. The molecule has 0 unspecified atom stereocenters. The highest BCUT2D eigenvalue weighted by molar-refractivity contribution is 5.86. The Morgan fingerprint density at radius 1 is 1.12 bits per heavy atom. The molecule has 1 atom stereocenters. The van der Waals surface area contributed by atoms with Gasteiger partial charge in [-0.05, 0) is 11.6 Å². The minimum atomic E-state index is -0.438. The lowest BCUT2D eigenvalue weighted by atomic mass is 10.0. The first kappa shape index (κ1) is 18.0. The van der Waals surface area contributed by atoms with E-state index < -0.39 is 5.97 Å². The number of benzene rings is 2. The summed E-state index contributed by atoms with van der Waals surface area (Å²) >= 11 is 0. The third kappa shape index (κ3) is 4.24. The van der Waals surface area contributed by atoms with Crippen molar-refractivity contribution in [2.45, 2.75) is 19.4 Å². The van der Waals surface area contributed by atoms with Gasteiger partial charge in [-0.3, -0.25) is 0 Å². The number of methoxy groups -OCH3 is 1. The predicted octanol–water partition coefficient (Wildman–Crippen LogP) is 4.30. The van der Waals surface area contributed by atoms with Crippen LogP contribution in [-0.4, -0.2) is 26.3 Å². The molecule has 0 spiro atoms. The van der Waals surface area contributed by atoms with Gasteiger partial charge in [0.1, 0.15) is 0 Å². The van der Waals surface area contributed by atoms with Crippen LogP contribution in [0.3, 0.4) is 0 Å². The number of para-hydroxylation sites is 1. The second-order valence-corrected chi connectivity index (χ2v) is 6.09. The minimum Gasteiger partial charge on any atom is -0.478 e. The Morgan fingerprint density at radius 3 is 2.69 bits per heavy atom. The molecule has 1 aromatic heterocycles. The lowest BCUT2D eigenvalue weighted by molar-refractivity contribution is -0.142. The number of rotatable bonds is 8. The number of hydrogen-bond acceptors (Lipinski definition) is 5. The van der Waals surface area contributed by atoms with Crippen LogP contribution in [0.1, 0.15) is 24.0 Å². The zero-order valence-electron chi connectivity index (χ0n) is 14.9. The molecular formula is C21H22O5.